The number of rotatable bonds is 11. The van der Waals surface area contributed by atoms with Crippen LogP contribution in [-0.2, 0) is 32.5 Å². The molecule has 0 atom stereocenters. The van der Waals surface area contributed by atoms with Crippen LogP contribution in [0.4, 0.5) is 51.2 Å². The Morgan fingerprint density at radius 3 is 1.01 bits per heavy atom. The molecule has 17 aromatic carbocycles. The Labute approximate surface area is 725 Å². The van der Waals surface area contributed by atoms with Gasteiger partial charge in [-0.1, -0.05) is 60.7 Å². The molecule has 1 aliphatic carbocycles. The van der Waals surface area contributed by atoms with Crippen molar-refractivity contribution in [3.63, 3.8) is 0 Å². The Balaban J connectivity index is 0.904. The van der Waals surface area contributed by atoms with Crippen LogP contribution in [0.3, 0.4) is 0 Å². The van der Waals surface area contributed by atoms with E-state index in [1.54, 1.807) is 0 Å². The number of benzene rings is 17. The molecule has 4 heterocycles. The summed E-state index contributed by atoms with van der Waals surface area (Å²) in [5.41, 5.74) is 37.6. The average Bonchev–Trinajstić information content (AvgIpc) is 1.66. The van der Waals surface area contributed by atoms with Crippen molar-refractivity contribution in [2.45, 2.75) is 94.8 Å². The molecule has 22 rings (SSSR count). The van der Waals surface area contributed by atoms with Crippen LogP contribution in [0.15, 0.2) is 406 Å². The second-order valence-corrected chi connectivity index (χ2v) is 39.2. The fraction of sp³-hybridized carbons (Fsp3) is 0.128. The van der Waals surface area contributed by atoms with Gasteiger partial charge in [0, 0.05) is 0 Å². The van der Waals surface area contributed by atoms with E-state index in [4.69, 9.17) is 0 Å². The number of fused-ring (bicyclic) bond motifs is 12. The zero-order valence-corrected chi connectivity index (χ0v) is 72.2. The first kappa shape index (κ1) is 75.0. The van der Waals surface area contributed by atoms with Gasteiger partial charge in [-0.05, 0) is 0 Å². The number of para-hydroxylation sites is 4. The van der Waals surface area contributed by atoms with E-state index in [1.807, 2.05) is 0 Å². The zero-order chi connectivity index (χ0) is 82.6. The fourth-order valence-electron chi connectivity index (χ4n) is 21.6. The Morgan fingerprint density at radius 2 is 0.598 bits per heavy atom. The van der Waals surface area contributed by atoms with Crippen LogP contribution in [0.1, 0.15) is 146 Å². The van der Waals surface area contributed by atoms with E-state index in [9.17, 15) is 0 Å². The van der Waals surface area contributed by atoms with Crippen molar-refractivity contribution in [1.29, 1.82) is 0 Å². The molecule has 0 N–H and O–H groups in total. The van der Waals surface area contributed by atoms with Gasteiger partial charge in [-0.3, -0.25) is 0 Å². The molecular weight excluding hydrogens is 1540 g/mol. The van der Waals surface area contributed by atoms with Gasteiger partial charge in [-0.15, -0.1) is 0 Å². The summed E-state index contributed by atoms with van der Waals surface area (Å²) in [5.74, 6) is 0. The summed E-state index contributed by atoms with van der Waals surface area (Å²) in [7, 11) is 0. The van der Waals surface area contributed by atoms with E-state index in [1.165, 1.54) is 142 Å². The summed E-state index contributed by atoms with van der Waals surface area (Å²) in [6.07, 6.45) is 0. The molecule has 0 amide bonds. The van der Waals surface area contributed by atoms with Crippen molar-refractivity contribution in [2.75, 3.05) is 14.7 Å². The van der Waals surface area contributed by atoms with E-state index in [2.05, 4.69) is 483 Å². The van der Waals surface area contributed by atoms with E-state index in [-0.39, 0.29) is 37.9 Å². The van der Waals surface area contributed by atoms with E-state index >= 15 is 0 Å². The molecule has 5 heteroatoms. The average molecular weight is 1630 g/mol. The van der Waals surface area contributed by atoms with Gasteiger partial charge >= 0.3 is 670 Å². The maximum atomic E-state index is 2.82. The Bertz CT molecular complexity index is 6700. The van der Waals surface area contributed by atoms with Crippen molar-refractivity contribution < 1.29 is 0 Å². The first-order chi connectivity index (χ1) is 59.4. The summed E-state index contributed by atoms with van der Waals surface area (Å²) < 4.78 is 2.79. The van der Waals surface area contributed by atoms with Crippen molar-refractivity contribution in [2.24, 2.45) is 0 Å². The van der Waals surface area contributed by atoms with Gasteiger partial charge in [0.15, 0.2) is 0 Å². The molecule has 0 fully saturated rings. The molecule has 17 aromatic rings. The predicted molar refractivity (Wildman–Crippen MR) is 515 cm³/mol. The van der Waals surface area contributed by atoms with Gasteiger partial charge in [0.25, 0.3) is 0 Å². The van der Waals surface area contributed by atoms with Crippen LogP contribution in [0.5, 0.6) is 0 Å². The van der Waals surface area contributed by atoms with Gasteiger partial charge in [-0.25, -0.2) is 0 Å². The third-order valence-corrected chi connectivity index (χ3v) is 29.7. The van der Waals surface area contributed by atoms with E-state index in [0.717, 1.165) is 51.2 Å². The molecule has 0 saturated heterocycles. The topological polar surface area (TPSA) is 9.72 Å². The molecule has 0 unspecified atom stereocenters. The van der Waals surface area contributed by atoms with Crippen molar-refractivity contribution >= 4 is 98.2 Å². The number of nitrogens with zero attached hydrogens (tertiary/aromatic N) is 3. The molecule has 0 spiro atoms. The molecule has 4 aliphatic heterocycles. The second kappa shape index (κ2) is 28.4. The molecule has 0 bridgehead atoms. The predicted octanol–water partition coefficient (Wildman–Crippen LogP) is 25.9. The van der Waals surface area contributed by atoms with Crippen LogP contribution >= 0.6 is 0 Å². The minimum absolute atomic E-state index is 0.160. The molecular formula is C117H94BN3Se. The van der Waals surface area contributed by atoms with Crippen LogP contribution in [-0.4, -0.2) is 21.7 Å². The minimum atomic E-state index is -0.697. The summed E-state index contributed by atoms with van der Waals surface area (Å²) in [6, 6.07) is 157. The van der Waals surface area contributed by atoms with Gasteiger partial charge in [-0.2, -0.15) is 0 Å². The van der Waals surface area contributed by atoms with Crippen molar-refractivity contribution in [1.82, 2.24) is 0 Å². The normalized spacial score (nSPS) is 14.7. The first-order valence-electron chi connectivity index (χ1n) is 43.2. The quantitative estimate of drug-likeness (QED) is 0.120. The molecule has 3 nitrogen and oxygen atoms in total. The SMILES string of the molecule is CC(C)(C)c1cccc(-c2cc(C(C)(C)C)cc(-c3cccc(C(C)(C)C)c3)c2N2c3cc(N4c5ccccc5C(c5ccccc5)(c5ccccc5)c5ccccc54)ccc3B3c4ccc5c(c4[Se]c4cc(N6c7ccccc7C(c7ccccc7)(c7ccccc7)c7ccccc76)cc2c43)-c2ccccc2C5(c2ccccc2)c2ccccc2)c1. The number of hydrogen-bond donors (Lipinski definition) is 0. The third kappa shape index (κ3) is 11.2. The van der Waals surface area contributed by atoms with Crippen molar-refractivity contribution in [3.8, 4) is 33.4 Å². The van der Waals surface area contributed by atoms with Crippen LogP contribution in [0.2, 0.25) is 0 Å². The van der Waals surface area contributed by atoms with Crippen LogP contribution < -0.4 is 40.0 Å². The maximum absolute atomic E-state index is 2.82. The molecule has 0 radical (unpaired) electrons. The third-order valence-electron chi connectivity index (χ3n) is 27.1. The van der Waals surface area contributed by atoms with Gasteiger partial charge in [0.05, 0.1) is 0 Å². The Hall–Kier alpha value is -13.3. The summed E-state index contributed by atoms with van der Waals surface area (Å²) in [4.78, 5) is 8.09. The first-order valence-corrected chi connectivity index (χ1v) is 45.0. The van der Waals surface area contributed by atoms with Crippen LogP contribution in [0, 0.1) is 0 Å². The number of anilines is 9. The Morgan fingerprint density at radius 1 is 0.246 bits per heavy atom. The summed E-state index contributed by atoms with van der Waals surface area (Å²) in [6.45, 7) is 21.1. The van der Waals surface area contributed by atoms with Crippen LogP contribution in [0.25, 0.3) is 33.4 Å². The standard InChI is InChI=1S/C117H94BN3Se/c1-112(2,3)85-54-38-40-77(70-85)91-72-87(114(7,8)9)73-92(78-41-39-55-86(71-78)113(4,5)6)110(91)121-105-74-88(119-101-62-34-30-58-94(101)116(81-46-20-12-21-47-81,82-48-22-13-23-49-82)95-59-31-35-63-102(95)119)66-68-99(105)118-100-69-67-98-108(90-56-28-29-57-93(90)115(98,79-42-16-10-17-43-79)80-44-18-11-19-45-80)111(100)122-107-76-89(75-106(121)109(107)118)120-103-64-36-32-60-96(103)117(83-50-24-14-25-51-83,84-52-26-15-27-53-84)97-61-33-37-65-104(97)120/h10-76H,1-9H3. The summed E-state index contributed by atoms with van der Waals surface area (Å²) >= 11 is -0.307. The fourth-order valence-corrected chi connectivity index (χ4v) is 24.5. The molecule has 5 aliphatic rings. The molecule has 0 aromatic heterocycles. The second-order valence-electron chi connectivity index (χ2n) is 37.0. The molecule has 586 valence electrons. The van der Waals surface area contributed by atoms with Gasteiger partial charge in [0.1, 0.15) is 0 Å². The molecule has 0 saturated carbocycles. The van der Waals surface area contributed by atoms with E-state index < -0.39 is 16.2 Å². The summed E-state index contributed by atoms with van der Waals surface area (Å²) in [5, 5.41) is 0. The van der Waals surface area contributed by atoms with Gasteiger partial charge < -0.3 is 0 Å². The number of hydrogen-bond acceptors (Lipinski definition) is 3. The zero-order valence-electron chi connectivity index (χ0n) is 70.5. The van der Waals surface area contributed by atoms with Crippen molar-refractivity contribution in [3.05, 3.63) is 490 Å². The Kier molecular flexibility index (Phi) is 17.5. The van der Waals surface area contributed by atoms with Gasteiger partial charge in [0.2, 0.25) is 0 Å². The van der Waals surface area contributed by atoms with E-state index in [0.29, 0.717) is 0 Å². The molecule has 122 heavy (non-hydrogen) atoms. The monoisotopic (exact) mass is 1630 g/mol.